The highest BCUT2D eigenvalue weighted by atomic mass is 16.5. The van der Waals surface area contributed by atoms with Crippen molar-refractivity contribution in [1.29, 1.82) is 0 Å². The topological polar surface area (TPSA) is 18.5 Å². The van der Waals surface area contributed by atoms with Crippen LogP contribution in [-0.4, -0.2) is 14.2 Å². The zero-order valence-electron chi connectivity index (χ0n) is 10.7. The summed E-state index contributed by atoms with van der Waals surface area (Å²) < 4.78 is 10.5. The highest BCUT2D eigenvalue weighted by molar-refractivity contribution is 5.42. The Bertz CT molecular complexity index is 321. The van der Waals surface area contributed by atoms with Gasteiger partial charge in [0.05, 0.1) is 14.2 Å². The summed E-state index contributed by atoms with van der Waals surface area (Å²) in [5.74, 6) is 2.41. The molecule has 1 aromatic carbocycles. The Balaban J connectivity index is 2.67. The van der Waals surface area contributed by atoms with Crippen LogP contribution < -0.4 is 9.47 Å². The van der Waals surface area contributed by atoms with E-state index in [9.17, 15) is 0 Å². The highest BCUT2D eigenvalue weighted by Crippen LogP contribution is 2.28. The maximum Gasteiger partial charge on any atom is 0.160 e. The Morgan fingerprint density at radius 1 is 1.12 bits per heavy atom. The van der Waals surface area contributed by atoms with E-state index >= 15 is 0 Å². The molecule has 0 aliphatic carbocycles. The Kier molecular flexibility index (Phi) is 5.17. The van der Waals surface area contributed by atoms with E-state index in [-0.39, 0.29) is 0 Å². The van der Waals surface area contributed by atoms with Gasteiger partial charge >= 0.3 is 0 Å². The quantitative estimate of drug-likeness (QED) is 0.731. The van der Waals surface area contributed by atoms with Crippen molar-refractivity contribution in [3.05, 3.63) is 23.8 Å². The Morgan fingerprint density at radius 2 is 1.81 bits per heavy atom. The van der Waals surface area contributed by atoms with Crippen LogP contribution in [0, 0.1) is 5.92 Å². The fourth-order valence-corrected chi connectivity index (χ4v) is 1.65. The lowest BCUT2D eigenvalue weighted by Gasteiger charge is -2.11. The first-order valence-electron chi connectivity index (χ1n) is 5.92. The molecular weight excluding hydrogens is 200 g/mol. The van der Waals surface area contributed by atoms with E-state index in [0.717, 1.165) is 23.8 Å². The number of methoxy groups -OCH3 is 2. The molecule has 0 saturated carbocycles. The summed E-state index contributed by atoms with van der Waals surface area (Å²) in [7, 11) is 3.34. The van der Waals surface area contributed by atoms with Gasteiger partial charge in [-0.25, -0.2) is 0 Å². The molecule has 1 atom stereocenters. The van der Waals surface area contributed by atoms with Crippen LogP contribution in [0.5, 0.6) is 11.5 Å². The summed E-state index contributed by atoms with van der Waals surface area (Å²) in [5, 5.41) is 0. The van der Waals surface area contributed by atoms with E-state index in [1.54, 1.807) is 14.2 Å². The summed E-state index contributed by atoms with van der Waals surface area (Å²) in [6.45, 7) is 4.53. The van der Waals surface area contributed by atoms with Crippen LogP contribution in [-0.2, 0) is 6.42 Å². The number of rotatable bonds is 6. The lowest BCUT2D eigenvalue weighted by Crippen LogP contribution is -1.97. The van der Waals surface area contributed by atoms with Gasteiger partial charge in [-0.3, -0.25) is 0 Å². The smallest absolute Gasteiger partial charge is 0.160 e. The summed E-state index contributed by atoms with van der Waals surface area (Å²) in [5.41, 5.74) is 1.32. The Labute approximate surface area is 98.6 Å². The minimum atomic E-state index is 0.785. The minimum absolute atomic E-state index is 0.785. The first-order valence-corrected chi connectivity index (χ1v) is 5.92. The van der Waals surface area contributed by atoms with Crippen molar-refractivity contribution >= 4 is 0 Å². The molecule has 2 heteroatoms. The predicted octanol–water partition coefficient (Wildman–Crippen LogP) is 3.68. The zero-order valence-corrected chi connectivity index (χ0v) is 10.7. The highest BCUT2D eigenvalue weighted by Gasteiger charge is 2.05. The molecule has 90 valence electrons. The number of benzene rings is 1. The van der Waals surface area contributed by atoms with Crippen LogP contribution in [0.15, 0.2) is 18.2 Å². The molecule has 0 radical (unpaired) electrons. The van der Waals surface area contributed by atoms with Gasteiger partial charge in [0.15, 0.2) is 11.5 Å². The summed E-state index contributed by atoms with van der Waals surface area (Å²) in [4.78, 5) is 0. The summed E-state index contributed by atoms with van der Waals surface area (Å²) in [6.07, 6.45) is 3.58. The largest absolute Gasteiger partial charge is 0.493 e. The molecule has 1 aromatic rings. The Morgan fingerprint density at radius 3 is 2.38 bits per heavy atom. The number of aryl methyl sites for hydroxylation is 1. The SMILES string of the molecule is CCC(C)CCc1ccc(OC)c(OC)c1. The van der Waals surface area contributed by atoms with Crippen LogP contribution in [0.4, 0.5) is 0 Å². The maximum absolute atomic E-state index is 5.29. The first-order chi connectivity index (χ1) is 7.71. The molecule has 0 bridgehead atoms. The minimum Gasteiger partial charge on any atom is -0.493 e. The molecule has 0 heterocycles. The van der Waals surface area contributed by atoms with E-state index in [2.05, 4.69) is 26.0 Å². The van der Waals surface area contributed by atoms with Crippen LogP contribution in [0.1, 0.15) is 32.3 Å². The lowest BCUT2D eigenvalue weighted by molar-refractivity contribution is 0.354. The number of hydrogen-bond acceptors (Lipinski definition) is 2. The number of ether oxygens (including phenoxy) is 2. The molecule has 16 heavy (non-hydrogen) atoms. The predicted molar refractivity (Wildman–Crippen MR) is 67.3 cm³/mol. The third-order valence-electron chi connectivity index (χ3n) is 3.07. The second-order valence-corrected chi connectivity index (χ2v) is 4.24. The third kappa shape index (κ3) is 3.44. The third-order valence-corrected chi connectivity index (χ3v) is 3.07. The molecule has 2 nitrogen and oxygen atoms in total. The molecule has 1 unspecified atom stereocenters. The summed E-state index contributed by atoms with van der Waals surface area (Å²) in [6, 6.07) is 6.16. The van der Waals surface area contributed by atoms with Gasteiger partial charge in [0.25, 0.3) is 0 Å². The molecule has 0 amide bonds. The average Bonchev–Trinajstić information content (AvgIpc) is 2.35. The van der Waals surface area contributed by atoms with Gasteiger partial charge in [-0.15, -0.1) is 0 Å². The molecule has 0 aliphatic rings. The standard InChI is InChI=1S/C14H22O2/c1-5-11(2)6-7-12-8-9-13(15-3)14(10-12)16-4/h8-11H,5-7H2,1-4H3. The second kappa shape index (κ2) is 6.41. The van der Waals surface area contributed by atoms with E-state index in [1.807, 2.05) is 6.07 Å². The Hall–Kier alpha value is -1.18. The molecule has 0 N–H and O–H groups in total. The fraction of sp³-hybridized carbons (Fsp3) is 0.571. The van der Waals surface area contributed by atoms with Crippen molar-refractivity contribution in [2.45, 2.75) is 33.1 Å². The van der Waals surface area contributed by atoms with Crippen molar-refractivity contribution in [1.82, 2.24) is 0 Å². The zero-order chi connectivity index (χ0) is 12.0. The van der Waals surface area contributed by atoms with Gasteiger partial charge in [0, 0.05) is 0 Å². The van der Waals surface area contributed by atoms with Crippen molar-refractivity contribution in [2.24, 2.45) is 5.92 Å². The van der Waals surface area contributed by atoms with E-state index in [4.69, 9.17) is 9.47 Å². The van der Waals surface area contributed by atoms with E-state index in [1.165, 1.54) is 18.4 Å². The fourth-order valence-electron chi connectivity index (χ4n) is 1.65. The van der Waals surface area contributed by atoms with Gasteiger partial charge in [-0.2, -0.15) is 0 Å². The van der Waals surface area contributed by atoms with Gasteiger partial charge in [-0.1, -0.05) is 26.3 Å². The molecule has 0 aromatic heterocycles. The van der Waals surface area contributed by atoms with Gasteiger partial charge in [-0.05, 0) is 36.5 Å². The van der Waals surface area contributed by atoms with E-state index < -0.39 is 0 Å². The van der Waals surface area contributed by atoms with Crippen molar-refractivity contribution < 1.29 is 9.47 Å². The monoisotopic (exact) mass is 222 g/mol. The lowest BCUT2D eigenvalue weighted by atomic mass is 9.99. The second-order valence-electron chi connectivity index (χ2n) is 4.24. The first kappa shape index (κ1) is 12.9. The molecule has 1 rings (SSSR count). The van der Waals surface area contributed by atoms with Gasteiger partial charge in [0.1, 0.15) is 0 Å². The van der Waals surface area contributed by atoms with Crippen molar-refractivity contribution in [3.63, 3.8) is 0 Å². The number of hydrogen-bond donors (Lipinski definition) is 0. The molecule has 0 aliphatic heterocycles. The maximum atomic E-state index is 5.29. The van der Waals surface area contributed by atoms with Crippen LogP contribution in [0.25, 0.3) is 0 Å². The molecule has 0 spiro atoms. The van der Waals surface area contributed by atoms with Gasteiger partial charge < -0.3 is 9.47 Å². The van der Waals surface area contributed by atoms with Crippen LogP contribution >= 0.6 is 0 Å². The molecular formula is C14H22O2. The average molecular weight is 222 g/mol. The summed E-state index contributed by atoms with van der Waals surface area (Å²) >= 11 is 0. The van der Waals surface area contributed by atoms with Gasteiger partial charge in [0.2, 0.25) is 0 Å². The molecule has 0 saturated heterocycles. The van der Waals surface area contributed by atoms with Crippen LogP contribution in [0.3, 0.4) is 0 Å². The molecule has 0 fully saturated rings. The normalized spacial score (nSPS) is 12.2. The van der Waals surface area contributed by atoms with E-state index in [0.29, 0.717) is 0 Å². The van der Waals surface area contributed by atoms with Crippen molar-refractivity contribution in [2.75, 3.05) is 14.2 Å². The van der Waals surface area contributed by atoms with Crippen molar-refractivity contribution in [3.8, 4) is 11.5 Å². The van der Waals surface area contributed by atoms with Crippen LogP contribution in [0.2, 0.25) is 0 Å².